The zero-order chi connectivity index (χ0) is 22.5. The van der Waals surface area contributed by atoms with Crippen LogP contribution in [0.15, 0.2) is 16.8 Å². The van der Waals surface area contributed by atoms with Crippen LogP contribution in [0.1, 0.15) is 18.3 Å². The van der Waals surface area contributed by atoms with Crippen molar-refractivity contribution in [2.45, 2.75) is 26.4 Å². The first-order valence-electron chi connectivity index (χ1n) is 9.71. The van der Waals surface area contributed by atoms with Crippen LogP contribution in [0.4, 0.5) is 18.9 Å². The largest absolute Gasteiger partial charge is 0.346 e. The summed E-state index contributed by atoms with van der Waals surface area (Å²) < 4.78 is 44.5. The summed E-state index contributed by atoms with van der Waals surface area (Å²) in [7, 11) is 0. The summed E-state index contributed by atoms with van der Waals surface area (Å²) in [5, 5.41) is 12.2. The number of carbonyl (C=O) groups excluding carboxylic acids is 2. The summed E-state index contributed by atoms with van der Waals surface area (Å²) in [5.41, 5.74) is 1.03. The molecular formula is C19H23F3N6O3. The molecule has 9 nitrogen and oxygen atoms in total. The number of anilines is 1. The predicted molar refractivity (Wildman–Crippen MR) is 103 cm³/mol. The molecule has 1 atom stereocenters. The Kier molecular flexibility index (Phi) is 7.23. The first-order valence-corrected chi connectivity index (χ1v) is 9.71. The van der Waals surface area contributed by atoms with E-state index in [1.54, 1.807) is 6.92 Å². The van der Waals surface area contributed by atoms with E-state index in [0.717, 1.165) is 30.5 Å². The van der Waals surface area contributed by atoms with Crippen molar-refractivity contribution in [1.29, 1.82) is 0 Å². The van der Waals surface area contributed by atoms with Gasteiger partial charge in [0.15, 0.2) is 17.5 Å². The van der Waals surface area contributed by atoms with Crippen LogP contribution in [0.3, 0.4) is 0 Å². The summed E-state index contributed by atoms with van der Waals surface area (Å²) >= 11 is 0. The summed E-state index contributed by atoms with van der Waals surface area (Å²) in [4.78, 5) is 28.5. The fraction of sp³-hybridized carbons (Fsp3) is 0.474. The standard InChI is InChI=1S/C19H23F3N6O3/c1-11-15(26-31-25-11)10-27-5-7-28(8-6-27)12(2)19(30)23-9-16(29)24-14-4-3-13(20)17(21)18(14)22/h3-4,12H,5-10H2,1-2H3,(H,23,30)(H,24,29)/t12-/m1/s1. The number of amides is 2. The van der Waals surface area contributed by atoms with E-state index >= 15 is 0 Å². The molecule has 0 saturated carbocycles. The van der Waals surface area contributed by atoms with E-state index in [0.29, 0.717) is 25.7 Å². The first kappa shape index (κ1) is 22.7. The average Bonchev–Trinajstić information content (AvgIpc) is 3.16. The highest BCUT2D eigenvalue weighted by Crippen LogP contribution is 2.19. The maximum atomic E-state index is 13.6. The van der Waals surface area contributed by atoms with Crippen molar-refractivity contribution >= 4 is 17.5 Å². The Morgan fingerprint density at radius 3 is 2.48 bits per heavy atom. The van der Waals surface area contributed by atoms with Crippen LogP contribution < -0.4 is 10.6 Å². The van der Waals surface area contributed by atoms with Crippen molar-refractivity contribution in [3.8, 4) is 0 Å². The minimum absolute atomic E-state index is 0.370. The molecule has 0 bridgehead atoms. The Balaban J connectivity index is 1.43. The highest BCUT2D eigenvalue weighted by molar-refractivity contribution is 5.95. The van der Waals surface area contributed by atoms with Gasteiger partial charge in [-0.25, -0.2) is 17.8 Å². The highest BCUT2D eigenvalue weighted by Gasteiger charge is 2.26. The number of benzene rings is 1. The number of nitrogens with one attached hydrogen (secondary N) is 2. The fourth-order valence-corrected chi connectivity index (χ4v) is 3.21. The Bertz CT molecular complexity index is 946. The van der Waals surface area contributed by atoms with Crippen LogP contribution in [0.5, 0.6) is 0 Å². The minimum Gasteiger partial charge on any atom is -0.346 e. The quantitative estimate of drug-likeness (QED) is 0.621. The summed E-state index contributed by atoms with van der Waals surface area (Å²) in [6.45, 7) is 6.47. The minimum atomic E-state index is -1.68. The Morgan fingerprint density at radius 2 is 1.84 bits per heavy atom. The van der Waals surface area contributed by atoms with Gasteiger partial charge in [-0.3, -0.25) is 19.4 Å². The molecule has 2 heterocycles. The lowest BCUT2D eigenvalue weighted by Gasteiger charge is -2.37. The number of aryl methyl sites for hydroxylation is 1. The number of aromatic nitrogens is 2. The molecule has 0 unspecified atom stereocenters. The van der Waals surface area contributed by atoms with Gasteiger partial charge >= 0.3 is 0 Å². The van der Waals surface area contributed by atoms with Gasteiger partial charge in [0.2, 0.25) is 11.8 Å². The number of hydrogen-bond acceptors (Lipinski definition) is 7. The molecule has 12 heteroatoms. The lowest BCUT2D eigenvalue weighted by molar-refractivity contribution is -0.128. The van der Waals surface area contributed by atoms with Gasteiger partial charge in [0, 0.05) is 32.7 Å². The van der Waals surface area contributed by atoms with Gasteiger partial charge in [-0.05, 0) is 26.0 Å². The number of rotatable bonds is 7. The predicted octanol–water partition coefficient (Wildman–Crippen LogP) is 1.06. The number of hydrogen-bond donors (Lipinski definition) is 2. The van der Waals surface area contributed by atoms with Gasteiger partial charge in [-0.2, -0.15) is 0 Å². The molecule has 1 fully saturated rings. The van der Waals surface area contributed by atoms with E-state index in [1.165, 1.54) is 0 Å². The van der Waals surface area contributed by atoms with Gasteiger partial charge in [-0.1, -0.05) is 10.3 Å². The van der Waals surface area contributed by atoms with E-state index in [1.807, 2.05) is 11.8 Å². The van der Waals surface area contributed by atoms with Crippen molar-refractivity contribution in [3.63, 3.8) is 0 Å². The van der Waals surface area contributed by atoms with Crippen molar-refractivity contribution in [2.75, 3.05) is 38.0 Å². The molecule has 1 saturated heterocycles. The second-order valence-electron chi connectivity index (χ2n) is 7.27. The molecule has 0 spiro atoms. The third-order valence-corrected chi connectivity index (χ3v) is 5.19. The van der Waals surface area contributed by atoms with Gasteiger partial charge in [0.1, 0.15) is 11.4 Å². The van der Waals surface area contributed by atoms with Crippen LogP contribution in [0, 0.1) is 24.4 Å². The van der Waals surface area contributed by atoms with Gasteiger partial charge < -0.3 is 10.6 Å². The van der Waals surface area contributed by atoms with E-state index in [-0.39, 0.29) is 5.91 Å². The maximum absolute atomic E-state index is 13.6. The molecule has 1 aromatic carbocycles. The first-order chi connectivity index (χ1) is 14.8. The van der Waals surface area contributed by atoms with Crippen molar-refractivity contribution in [1.82, 2.24) is 25.4 Å². The molecule has 31 heavy (non-hydrogen) atoms. The molecule has 2 amide bonds. The Hall–Kier alpha value is -2.99. The molecule has 3 rings (SSSR count). The van der Waals surface area contributed by atoms with E-state index in [2.05, 4.69) is 25.8 Å². The van der Waals surface area contributed by atoms with Crippen LogP contribution in [0.2, 0.25) is 0 Å². The molecule has 0 aliphatic carbocycles. The lowest BCUT2D eigenvalue weighted by atomic mass is 10.2. The monoisotopic (exact) mass is 440 g/mol. The van der Waals surface area contributed by atoms with E-state index in [9.17, 15) is 22.8 Å². The second kappa shape index (κ2) is 9.88. The average molecular weight is 440 g/mol. The van der Waals surface area contributed by atoms with E-state index in [4.69, 9.17) is 4.63 Å². The highest BCUT2D eigenvalue weighted by atomic mass is 19.2. The van der Waals surface area contributed by atoms with Crippen molar-refractivity contribution < 1.29 is 27.4 Å². The number of piperazine rings is 1. The summed E-state index contributed by atoms with van der Waals surface area (Å²) in [6.07, 6.45) is 0. The fourth-order valence-electron chi connectivity index (χ4n) is 3.21. The van der Waals surface area contributed by atoms with Gasteiger partial charge in [-0.15, -0.1) is 0 Å². The number of carbonyl (C=O) groups is 2. The lowest BCUT2D eigenvalue weighted by Crippen LogP contribution is -2.54. The number of halogens is 3. The zero-order valence-electron chi connectivity index (χ0n) is 17.1. The van der Waals surface area contributed by atoms with Crippen LogP contribution in [-0.4, -0.2) is 70.7 Å². The molecule has 1 aliphatic rings. The molecule has 168 valence electrons. The van der Waals surface area contributed by atoms with Crippen molar-refractivity contribution in [3.05, 3.63) is 41.0 Å². The SMILES string of the molecule is Cc1nonc1CN1CCN([C@H](C)C(=O)NCC(=O)Nc2ccc(F)c(F)c2F)CC1. The Labute approximate surface area is 176 Å². The Morgan fingerprint density at radius 1 is 1.13 bits per heavy atom. The molecule has 0 radical (unpaired) electrons. The summed E-state index contributed by atoms with van der Waals surface area (Å²) in [6, 6.07) is 1.13. The molecule has 2 N–H and O–H groups in total. The molecule has 1 aromatic heterocycles. The van der Waals surface area contributed by atoms with Crippen LogP contribution in [0.25, 0.3) is 0 Å². The van der Waals surface area contributed by atoms with Crippen LogP contribution >= 0.6 is 0 Å². The maximum Gasteiger partial charge on any atom is 0.243 e. The third-order valence-electron chi connectivity index (χ3n) is 5.19. The molecule has 1 aliphatic heterocycles. The van der Waals surface area contributed by atoms with E-state index < -0.39 is 41.6 Å². The topological polar surface area (TPSA) is 104 Å². The molecular weight excluding hydrogens is 417 g/mol. The van der Waals surface area contributed by atoms with Crippen LogP contribution in [-0.2, 0) is 16.1 Å². The van der Waals surface area contributed by atoms with Gasteiger partial charge in [0.25, 0.3) is 0 Å². The smallest absolute Gasteiger partial charge is 0.243 e. The normalized spacial score (nSPS) is 16.2. The number of nitrogens with zero attached hydrogens (tertiary/aromatic N) is 4. The molecule has 2 aromatic rings. The summed E-state index contributed by atoms with van der Waals surface area (Å²) in [5.74, 6) is -5.66. The van der Waals surface area contributed by atoms with Crippen molar-refractivity contribution in [2.24, 2.45) is 0 Å². The third kappa shape index (κ3) is 5.58. The zero-order valence-corrected chi connectivity index (χ0v) is 17.1. The van der Waals surface area contributed by atoms with Gasteiger partial charge in [0.05, 0.1) is 18.3 Å². The second-order valence-corrected chi connectivity index (χ2v) is 7.27.